The molecule has 0 N–H and O–H groups in total. The van der Waals surface area contributed by atoms with Crippen LogP contribution in [-0.2, 0) is 7.05 Å². The van der Waals surface area contributed by atoms with Crippen molar-refractivity contribution in [1.29, 1.82) is 0 Å². The van der Waals surface area contributed by atoms with E-state index in [1.807, 2.05) is 30.3 Å². The quantitative estimate of drug-likeness (QED) is 0.697. The second-order valence-corrected chi connectivity index (χ2v) is 7.18. The van der Waals surface area contributed by atoms with Gasteiger partial charge in [0.05, 0.1) is 6.04 Å². The Hall–Kier alpha value is -2.83. The van der Waals surface area contributed by atoms with Crippen LogP contribution in [0.15, 0.2) is 39.9 Å². The highest BCUT2D eigenvalue weighted by atomic mass is 16.2. The fourth-order valence-electron chi connectivity index (χ4n) is 3.74. The maximum atomic E-state index is 12.7. The van der Waals surface area contributed by atoms with Gasteiger partial charge in [-0.3, -0.25) is 9.36 Å². The lowest BCUT2D eigenvalue weighted by Crippen LogP contribution is -2.37. The molecule has 0 amide bonds. The maximum Gasteiger partial charge on any atom is 0.352 e. The zero-order valence-corrected chi connectivity index (χ0v) is 15.5. The van der Waals surface area contributed by atoms with E-state index in [1.54, 1.807) is 4.68 Å². The van der Waals surface area contributed by atoms with Crippen LogP contribution in [0.25, 0.3) is 22.9 Å². The average molecular weight is 365 g/mol. The second-order valence-electron chi connectivity index (χ2n) is 7.18. The Kier molecular flexibility index (Phi) is 4.83. The summed E-state index contributed by atoms with van der Waals surface area (Å²) in [6.07, 6.45) is 7.83. The Morgan fingerprint density at radius 3 is 2.30 bits per heavy atom. The van der Waals surface area contributed by atoms with Crippen LogP contribution in [0.4, 0.5) is 0 Å². The minimum atomic E-state index is -0.567. The molecule has 1 aromatic carbocycles. The molecule has 0 atom stereocenters. The van der Waals surface area contributed by atoms with Crippen molar-refractivity contribution in [2.24, 2.45) is 7.05 Å². The summed E-state index contributed by atoms with van der Waals surface area (Å²) in [6, 6.07) is 9.72. The molecule has 1 fully saturated rings. The summed E-state index contributed by atoms with van der Waals surface area (Å²) in [5.41, 5.74) is 0.0487. The third kappa shape index (κ3) is 3.41. The van der Waals surface area contributed by atoms with Gasteiger partial charge < -0.3 is 0 Å². The second kappa shape index (κ2) is 7.42. The normalized spacial score (nSPS) is 16.2. The van der Waals surface area contributed by atoms with Crippen LogP contribution in [-0.4, -0.2) is 24.3 Å². The molecular formula is C20H23N5O2. The fourth-order valence-corrected chi connectivity index (χ4v) is 3.74. The molecule has 0 saturated heterocycles. The van der Waals surface area contributed by atoms with Crippen LogP contribution >= 0.6 is 0 Å². The smallest absolute Gasteiger partial charge is 0.267 e. The summed E-state index contributed by atoms with van der Waals surface area (Å²) in [5, 5.41) is 4.74. The molecule has 27 heavy (non-hydrogen) atoms. The van der Waals surface area contributed by atoms with Crippen LogP contribution in [0.3, 0.4) is 0 Å². The zero-order chi connectivity index (χ0) is 18.8. The maximum absolute atomic E-state index is 12.7. The van der Waals surface area contributed by atoms with Gasteiger partial charge in [-0.15, -0.1) is 0 Å². The van der Waals surface area contributed by atoms with Crippen molar-refractivity contribution in [2.75, 3.05) is 0 Å². The van der Waals surface area contributed by atoms with Crippen LogP contribution in [0.5, 0.6) is 0 Å². The zero-order valence-electron chi connectivity index (χ0n) is 15.5. The van der Waals surface area contributed by atoms with Crippen molar-refractivity contribution < 1.29 is 0 Å². The Balaban J connectivity index is 1.94. The Bertz CT molecular complexity index is 1020. The first-order chi connectivity index (χ1) is 13.1. The summed E-state index contributed by atoms with van der Waals surface area (Å²) < 4.78 is 2.80. The van der Waals surface area contributed by atoms with Gasteiger partial charge in [0.2, 0.25) is 0 Å². The molecule has 140 valence electrons. The van der Waals surface area contributed by atoms with Gasteiger partial charge >= 0.3 is 5.69 Å². The molecule has 0 spiro atoms. The first-order valence-corrected chi connectivity index (χ1v) is 9.58. The van der Waals surface area contributed by atoms with Gasteiger partial charge in [0.15, 0.2) is 17.3 Å². The van der Waals surface area contributed by atoms with Gasteiger partial charge in [0.25, 0.3) is 5.56 Å². The van der Waals surface area contributed by atoms with E-state index in [-0.39, 0.29) is 11.7 Å². The Labute approximate surface area is 157 Å². The molecule has 0 radical (unpaired) electrons. The van der Waals surface area contributed by atoms with E-state index in [2.05, 4.69) is 9.97 Å². The monoisotopic (exact) mass is 365 g/mol. The lowest BCUT2D eigenvalue weighted by atomic mass is 9.96. The molecule has 7 nitrogen and oxygen atoms in total. The van der Waals surface area contributed by atoms with E-state index in [0.29, 0.717) is 11.6 Å². The van der Waals surface area contributed by atoms with E-state index in [4.69, 9.17) is 5.10 Å². The van der Waals surface area contributed by atoms with Gasteiger partial charge in [0, 0.05) is 12.6 Å². The molecule has 1 aromatic rings. The molecule has 1 aliphatic carbocycles. The van der Waals surface area contributed by atoms with Crippen LogP contribution in [0, 0.1) is 0 Å². The van der Waals surface area contributed by atoms with E-state index in [9.17, 15) is 9.59 Å². The van der Waals surface area contributed by atoms with Crippen molar-refractivity contribution in [3.63, 3.8) is 0 Å². The summed E-state index contributed by atoms with van der Waals surface area (Å²) >= 11 is 0. The van der Waals surface area contributed by atoms with E-state index in [1.165, 1.54) is 26.3 Å². The standard InChI is InChI=1S/C20H23N5O2/c1-24-19(26)16-18(22-20(24)27)25(15-12-8-3-2-4-9-13-15)23-17(21-16)14-10-6-5-7-11-14/h5-7,10-11,15H,2-4,8-9,12-13H2,1H3. The van der Waals surface area contributed by atoms with Crippen molar-refractivity contribution in [1.82, 2.24) is 24.3 Å². The van der Waals surface area contributed by atoms with Gasteiger partial charge in [-0.2, -0.15) is 10.1 Å². The van der Waals surface area contributed by atoms with E-state index in [0.717, 1.165) is 35.8 Å². The summed E-state index contributed by atoms with van der Waals surface area (Å²) in [6.45, 7) is 0. The van der Waals surface area contributed by atoms with Gasteiger partial charge in [-0.05, 0) is 12.8 Å². The van der Waals surface area contributed by atoms with Gasteiger partial charge in [-0.25, -0.2) is 14.5 Å². The third-order valence-corrected chi connectivity index (χ3v) is 5.30. The molecule has 2 aliphatic heterocycles. The fraction of sp³-hybridized carbons (Fsp3) is 0.450. The van der Waals surface area contributed by atoms with Crippen molar-refractivity contribution >= 4 is 0 Å². The molecule has 0 aromatic heterocycles. The predicted molar refractivity (Wildman–Crippen MR) is 103 cm³/mol. The molecule has 3 aliphatic rings. The van der Waals surface area contributed by atoms with Crippen molar-refractivity contribution in [2.45, 2.75) is 51.0 Å². The van der Waals surface area contributed by atoms with Gasteiger partial charge in [0.1, 0.15) is 0 Å². The molecule has 0 unspecified atom stereocenters. The van der Waals surface area contributed by atoms with Crippen LogP contribution in [0.2, 0.25) is 0 Å². The first kappa shape index (κ1) is 17.6. The molecule has 0 bridgehead atoms. The Morgan fingerprint density at radius 2 is 1.59 bits per heavy atom. The topological polar surface area (TPSA) is 82.7 Å². The van der Waals surface area contributed by atoms with E-state index >= 15 is 0 Å². The number of rotatable bonds is 2. The summed E-state index contributed by atoms with van der Waals surface area (Å²) in [5.74, 6) is 0.788. The number of hydrogen-bond donors (Lipinski definition) is 0. The molecule has 1 saturated carbocycles. The van der Waals surface area contributed by atoms with Gasteiger partial charge in [-0.1, -0.05) is 62.4 Å². The summed E-state index contributed by atoms with van der Waals surface area (Å²) in [4.78, 5) is 33.5. The number of fused-ring (bicyclic) bond motifs is 1. The number of hydrogen-bond acceptors (Lipinski definition) is 5. The molecule has 7 heteroatoms. The minimum Gasteiger partial charge on any atom is -0.267 e. The number of nitrogens with zero attached hydrogens (tertiary/aromatic N) is 5. The van der Waals surface area contributed by atoms with Crippen molar-refractivity contribution in [3.05, 3.63) is 51.2 Å². The minimum absolute atomic E-state index is 0.122. The van der Waals surface area contributed by atoms with E-state index < -0.39 is 11.2 Å². The highest BCUT2D eigenvalue weighted by molar-refractivity contribution is 5.59. The highest BCUT2D eigenvalue weighted by Gasteiger charge is 2.25. The highest BCUT2D eigenvalue weighted by Crippen LogP contribution is 2.29. The molecular weight excluding hydrogens is 342 g/mol. The van der Waals surface area contributed by atoms with Crippen LogP contribution in [0.1, 0.15) is 51.0 Å². The lowest BCUT2D eigenvalue weighted by molar-refractivity contribution is 0.342. The molecule has 2 heterocycles. The summed E-state index contributed by atoms with van der Waals surface area (Å²) in [7, 11) is 1.43. The third-order valence-electron chi connectivity index (χ3n) is 5.30. The van der Waals surface area contributed by atoms with Crippen molar-refractivity contribution in [3.8, 4) is 22.9 Å². The largest absolute Gasteiger partial charge is 0.352 e. The number of aromatic nitrogens is 5. The Morgan fingerprint density at radius 1 is 0.926 bits per heavy atom. The molecule has 4 rings (SSSR count). The van der Waals surface area contributed by atoms with Crippen LogP contribution < -0.4 is 11.2 Å². The SMILES string of the molecule is Cn1c(=O)nc2n(C3CCCCCCC3)nc(-c3ccccc3)nc-2c1=O. The predicted octanol–water partition coefficient (Wildman–Crippen LogP) is 2.79. The average Bonchev–Trinajstić information content (AvgIpc) is 2.66. The number of benzene rings is 1. The lowest BCUT2D eigenvalue weighted by Gasteiger charge is -2.24. The first-order valence-electron chi connectivity index (χ1n) is 9.58.